The highest BCUT2D eigenvalue weighted by molar-refractivity contribution is 6.04. The fraction of sp³-hybridized carbons (Fsp3) is 0.188. The van der Waals surface area contributed by atoms with Crippen molar-refractivity contribution in [1.82, 2.24) is 0 Å². The summed E-state index contributed by atoms with van der Waals surface area (Å²) >= 11 is 0. The molecule has 0 aliphatic heterocycles. The Labute approximate surface area is 122 Å². The Morgan fingerprint density at radius 3 is 2.57 bits per heavy atom. The highest BCUT2D eigenvalue weighted by Crippen LogP contribution is 2.18. The van der Waals surface area contributed by atoms with Crippen LogP contribution in [0.1, 0.15) is 23.7 Å². The van der Waals surface area contributed by atoms with E-state index in [1.807, 2.05) is 6.92 Å². The first-order valence-corrected chi connectivity index (χ1v) is 6.69. The number of hydrogen-bond donors (Lipinski definition) is 2. The number of ether oxygens (including phenoxy) is 1. The van der Waals surface area contributed by atoms with E-state index in [4.69, 9.17) is 10.5 Å². The van der Waals surface area contributed by atoms with Crippen LogP contribution < -0.4 is 15.8 Å². The minimum Gasteiger partial charge on any atom is -0.494 e. The van der Waals surface area contributed by atoms with Gasteiger partial charge in [0.25, 0.3) is 5.91 Å². The summed E-state index contributed by atoms with van der Waals surface area (Å²) in [5.74, 6) is -0.131. The van der Waals surface area contributed by atoms with Crippen molar-refractivity contribution in [2.24, 2.45) is 0 Å². The largest absolute Gasteiger partial charge is 0.494 e. The first-order valence-electron chi connectivity index (χ1n) is 6.69. The molecule has 0 saturated heterocycles. The summed E-state index contributed by atoms with van der Waals surface area (Å²) in [6.07, 6.45) is 0.935. The van der Waals surface area contributed by atoms with Crippen molar-refractivity contribution < 1.29 is 13.9 Å². The highest BCUT2D eigenvalue weighted by Gasteiger charge is 2.08. The molecule has 2 aromatic carbocycles. The maximum absolute atomic E-state index is 13.1. The Hall–Kier alpha value is -2.56. The van der Waals surface area contributed by atoms with Gasteiger partial charge >= 0.3 is 0 Å². The number of halogens is 1. The molecule has 1 amide bonds. The minimum atomic E-state index is -0.538. The van der Waals surface area contributed by atoms with Gasteiger partial charge in [0, 0.05) is 11.3 Å². The van der Waals surface area contributed by atoms with Crippen LogP contribution in [0.3, 0.4) is 0 Å². The number of nitrogens with two attached hydrogens (primary N) is 1. The smallest absolute Gasteiger partial charge is 0.255 e. The Morgan fingerprint density at radius 1 is 1.24 bits per heavy atom. The number of carbonyl (C=O) groups excluding carboxylic acids is 1. The summed E-state index contributed by atoms with van der Waals surface area (Å²) in [7, 11) is 0. The lowest BCUT2D eigenvalue weighted by atomic mass is 10.1. The van der Waals surface area contributed by atoms with Gasteiger partial charge in [0.15, 0.2) is 0 Å². The maximum Gasteiger partial charge on any atom is 0.255 e. The first-order chi connectivity index (χ1) is 10.1. The van der Waals surface area contributed by atoms with Gasteiger partial charge in [-0.15, -0.1) is 0 Å². The Kier molecular flexibility index (Phi) is 4.77. The number of carbonyl (C=O) groups is 1. The van der Waals surface area contributed by atoms with Crippen LogP contribution in [0.25, 0.3) is 0 Å². The molecule has 0 aliphatic rings. The van der Waals surface area contributed by atoms with Gasteiger partial charge in [-0.2, -0.15) is 0 Å². The number of nitrogen functional groups attached to an aromatic ring is 1. The third kappa shape index (κ3) is 3.95. The van der Waals surface area contributed by atoms with Gasteiger partial charge in [-0.05, 0) is 48.9 Å². The molecule has 2 rings (SSSR count). The summed E-state index contributed by atoms with van der Waals surface area (Å²) in [4.78, 5) is 12.0. The van der Waals surface area contributed by atoms with Crippen molar-refractivity contribution in [3.8, 4) is 5.75 Å². The second kappa shape index (κ2) is 6.74. The second-order valence-corrected chi connectivity index (χ2v) is 4.56. The quantitative estimate of drug-likeness (QED) is 0.828. The van der Waals surface area contributed by atoms with Crippen molar-refractivity contribution in [3.05, 3.63) is 53.8 Å². The molecule has 3 N–H and O–H groups in total. The SMILES string of the molecule is CCCOc1ccc(NC(=O)c2ccc(F)c(N)c2)cc1. The number of hydrogen-bond acceptors (Lipinski definition) is 3. The standard InChI is InChI=1S/C16H17FN2O2/c1-2-9-21-13-6-4-12(5-7-13)19-16(20)11-3-8-14(17)15(18)10-11/h3-8,10H,2,9,18H2,1H3,(H,19,20). The van der Waals surface area contributed by atoms with E-state index in [1.54, 1.807) is 24.3 Å². The van der Waals surface area contributed by atoms with E-state index in [0.717, 1.165) is 12.2 Å². The average Bonchev–Trinajstić information content (AvgIpc) is 2.49. The fourth-order valence-electron chi connectivity index (χ4n) is 1.74. The second-order valence-electron chi connectivity index (χ2n) is 4.56. The predicted molar refractivity (Wildman–Crippen MR) is 81.0 cm³/mol. The van der Waals surface area contributed by atoms with Gasteiger partial charge < -0.3 is 15.8 Å². The van der Waals surface area contributed by atoms with Gasteiger partial charge in [-0.1, -0.05) is 6.92 Å². The third-order valence-corrected chi connectivity index (χ3v) is 2.84. The predicted octanol–water partition coefficient (Wildman–Crippen LogP) is 3.45. The van der Waals surface area contributed by atoms with Gasteiger partial charge in [-0.3, -0.25) is 4.79 Å². The molecule has 0 radical (unpaired) electrons. The molecular formula is C16H17FN2O2. The Morgan fingerprint density at radius 2 is 1.95 bits per heavy atom. The van der Waals surface area contributed by atoms with Gasteiger partial charge in [0.05, 0.1) is 12.3 Å². The van der Waals surface area contributed by atoms with Crippen molar-refractivity contribution in [2.45, 2.75) is 13.3 Å². The van der Waals surface area contributed by atoms with Crippen molar-refractivity contribution >= 4 is 17.3 Å². The molecule has 0 fully saturated rings. The normalized spacial score (nSPS) is 10.2. The van der Waals surface area contributed by atoms with Crippen LogP contribution in [0.5, 0.6) is 5.75 Å². The van der Waals surface area contributed by atoms with E-state index >= 15 is 0 Å². The highest BCUT2D eigenvalue weighted by atomic mass is 19.1. The lowest BCUT2D eigenvalue weighted by molar-refractivity contribution is 0.102. The number of nitrogens with one attached hydrogen (secondary N) is 1. The number of rotatable bonds is 5. The maximum atomic E-state index is 13.1. The molecule has 2 aromatic rings. The molecule has 0 spiro atoms. The van der Waals surface area contributed by atoms with E-state index in [2.05, 4.69) is 5.32 Å². The first kappa shape index (κ1) is 14.8. The minimum absolute atomic E-state index is 0.0500. The molecule has 0 aromatic heterocycles. The third-order valence-electron chi connectivity index (χ3n) is 2.84. The van der Waals surface area contributed by atoms with E-state index in [9.17, 15) is 9.18 Å². The summed E-state index contributed by atoms with van der Waals surface area (Å²) in [6.45, 7) is 2.68. The van der Waals surface area contributed by atoms with Crippen LogP contribution in [-0.2, 0) is 0 Å². The average molecular weight is 288 g/mol. The topological polar surface area (TPSA) is 64.3 Å². The molecule has 5 heteroatoms. The summed E-state index contributed by atoms with van der Waals surface area (Å²) < 4.78 is 18.5. The molecule has 0 saturated carbocycles. The molecular weight excluding hydrogens is 271 g/mol. The lowest BCUT2D eigenvalue weighted by Gasteiger charge is -2.08. The zero-order valence-corrected chi connectivity index (χ0v) is 11.7. The van der Waals surface area contributed by atoms with Crippen LogP contribution in [0.2, 0.25) is 0 Å². The Balaban J connectivity index is 2.03. The van der Waals surface area contributed by atoms with Gasteiger partial charge in [0.1, 0.15) is 11.6 Å². The van der Waals surface area contributed by atoms with Crippen LogP contribution in [0, 0.1) is 5.82 Å². The van der Waals surface area contributed by atoms with E-state index in [0.29, 0.717) is 17.9 Å². The number of anilines is 2. The van der Waals surface area contributed by atoms with Crippen molar-refractivity contribution in [2.75, 3.05) is 17.7 Å². The van der Waals surface area contributed by atoms with Gasteiger partial charge in [-0.25, -0.2) is 4.39 Å². The zero-order valence-electron chi connectivity index (χ0n) is 11.7. The molecule has 0 aliphatic carbocycles. The summed E-state index contributed by atoms with van der Waals surface area (Å²) in [5.41, 5.74) is 6.33. The molecule has 0 atom stereocenters. The molecule has 0 heterocycles. The lowest BCUT2D eigenvalue weighted by Crippen LogP contribution is -2.12. The van der Waals surface area contributed by atoms with E-state index in [-0.39, 0.29) is 11.6 Å². The molecule has 4 nitrogen and oxygen atoms in total. The number of amides is 1. The molecule has 21 heavy (non-hydrogen) atoms. The van der Waals surface area contributed by atoms with Crippen LogP contribution in [0.4, 0.5) is 15.8 Å². The summed E-state index contributed by atoms with van der Waals surface area (Å²) in [6, 6.07) is 10.9. The zero-order chi connectivity index (χ0) is 15.2. The fourth-order valence-corrected chi connectivity index (χ4v) is 1.74. The summed E-state index contributed by atoms with van der Waals surface area (Å²) in [5, 5.41) is 2.72. The monoisotopic (exact) mass is 288 g/mol. The van der Waals surface area contributed by atoms with Crippen LogP contribution in [-0.4, -0.2) is 12.5 Å². The Bertz CT molecular complexity index is 627. The van der Waals surface area contributed by atoms with Crippen molar-refractivity contribution in [1.29, 1.82) is 0 Å². The van der Waals surface area contributed by atoms with Crippen molar-refractivity contribution in [3.63, 3.8) is 0 Å². The molecule has 0 unspecified atom stereocenters. The van der Waals surface area contributed by atoms with Crippen LogP contribution in [0.15, 0.2) is 42.5 Å². The molecule has 0 bridgehead atoms. The van der Waals surface area contributed by atoms with Crippen LogP contribution >= 0.6 is 0 Å². The number of benzene rings is 2. The van der Waals surface area contributed by atoms with Gasteiger partial charge in [0.2, 0.25) is 0 Å². The molecule has 110 valence electrons. The van der Waals surface area contributed by atoms with E-state index in [1.165, 1.54) is 18.2 Å². The van der Waals surface area contributed by atoms with E-state index < -0.39 is 5.82 Å².